The van der Waals surface area contributed by atoms with Gasteiger partial charge in [-0.15, -0.1) is 0 Å². The Morgan fingerprint density at radius 3 is 2.17 bits per heavy atom. The summed E-state index contributed by atoms with van der Waals surface area (Å²) in [5.74, 6) is -1.02. The summed E-state index contributed by atoms with van der Waals surface area (Å²) >= 11 is 0. The first-order valence-corrected chi connectivity index (χ1v) is 6.67. The molecule has 120 valence electrons. The molecule has 2 aromatic carbocycles. The van der Waals surface area contributed by atoms with Crippen molar-refractivity contribution in [1.82, 2.24) is 0 Å². The number of ether oxygens (including phenoxy) is 2. The monoisotopic (exact) mass is 316 g/mol. The molecule has 2 rings (SSSR count). The standard InChI is InChI=1S/C16H16N2O5/c1-22-10-7-8-12(14(9-10)23-2)18-16(21)15(20)17-11-5-3-4-6-13(11)19/h3-9,19H,1-2H3,(H,17,20)(H,18,21). The maximum Gasteiger partial charge on any atom is 0.314 e. The quantitative estimate of drug-likeness (QED) is 0.592. The number of para-hydroxylation sites is 2. The molecule has 0 aromatic heterocycles. The number of benzene rings is 2. The third kappa shape index (κ3) is 3.91. The number of phenolic OH excluding ortho intramolecular Hbond substituents is 1. The predicted octanol–water partition coefficient (Wildman–Crippen LogP) is 1.99. The van der Waals surface area contributed by atoms with E-state index in [0.29, 0.717) is 17.2 Å². The Morgan fingerprint density at radius 2 is 1.57 bits per heavy atom. The fourth-order valence-electron chi connectivity index (χ4n) is 1.84. The number of phenols is 1. The molecule has 0 heterocycles. The fraction of sp³-hybridized carbons (Fsp3) is 0.125. The van der Waals surface area contributed by atoms with E-state index in [1.807, 2.05) is 0 Å². The zero-order chi connectivity index (χ0) is 16.8. The van der Waals surface area contributed by atoms with Crippen molar-refractivity contribution in [2.45, 2.75) is 0 Å². The van der Waals surface area contributed by atoms with E-state index in [4.69, 9.17) is 9.47 Å². The number of nitrogens with one attached hydrogen (secondary N) is 2. The van der Waals surface area contributed by atoms with Crippen LogP contribution in [0.15, 0.2) is 42.5 Å². The predicted molar refractivity (Wildman–Crippen MR) is 84.9 cm³/mol. The second-order valence-electron chi connectivity index (χ2n) is 4.49. The van der Waals surface area contributed by atoms with Crippen molar-refractivity contribution in [3.8, 4) is 17.2 Å². The van der Waals surface area contributed by atoms with Gasteiger partial charge in [-0.3, -0.25) is 9.59 Å². The summed E-state index contributed by atoms with van der Waals surface area (Å²) < 4.78 is 10.2. The molecule has 0 radical (unpaired) electrons. The van der Waals surface area contributed by atoms with Crippen LogP contribution in [0.2, 0.25) is 0 Å². The van der Waals surface area contributed by atoms with Gasteiger partial charge in [0.15, 0.2) is 0 Å². The normalized spacial score (nSPS) is 9.83. The first kappa shape index (κ1) is 16.2. The fourth-order valence-corrected chi connectivity index (χ4v) is 1.84. The van der Waals surface area contributed by atoms with Gasteiger partial charge in [-0.25, -0.2) is 0 Å². The van der Waals surface area contributed by atoms with Crippen LogP contribution in [0, 0.1) is 0 Å². The lowest BCUT2D eigenvalue weighted by Crippen LogP contribution is -2.29. The molecule has 2 aromatic rings. The molecule has 7 nitrogen and oxygen atoms in total. The minimum Gasteiger partial charge on any atom is -0.506 e. The zero-order valence-corrected chi connectivity index (χ0v) is 12.6. The Balaban J connectivity index is 2.10. The number of hydrogen-bond acceptors (Lipinski definition) is 5. The molecule has 0 aliphatic carbocycles. The summed E-state index contributed by atoms with van der Waals surface area (Å²) in [4.78, 5) is 23.9. The highest BCUT2D eigenvalue weighted by Crippen LogP contribution is 2.29. The van der Waals surface area contributed by atoms with E-state index in [0.717, 1.165) is 0 Å². The highest BCUT2D eigenvalue weighted by molar-refractivity contribution is 6.43. The van der Waals surface area contributed by atoms with Crippen LogP contribution in [0.25, 0.3) is 0 Å². The van der Waals surface area contributed by atoms with Crippen LogP contribution in [0.3, 0.4) is 0 Å². The van der Waals surface area contributed by atoms with Crippen molar-refractivity contribution < 1.29 is 24.2 Å². The number of carbonyl (C=O) groups is 2. The van der Waals surface area contributed by atoms with Gasteiger partial charge in [0, 0.05) is 6.07 Å². The first-order valence-electron chi connectivity index (χ1n) is 6.67. The molecule has 0 bridgehead atoms. The van der Waals surface area contributed by atoms with Crippen LogP contribution in [0.4, 0.5) is 11.4 Å². The van der Waals surface area contributed by atoms with Crippen molar-refractivity contribution in [2.24, 2.45) is 0 Å². The second kappa shape index (κ2) is 7.17. The smallest absolute Gasteiger partial charge is 0.314 e. The van der Waals surface area contributed by atoms with Gasteiger partial charge in [-0.2, -0.15) is 0 Å². The second-order valence-corrected chi connectivity index (χ2v) is 4.49. The third-order valence-corrected chi connectivity index (χ3v) is 3.02. The van der Waals surface area contributed by atoms with E-state index in [9.17, 15) is 14.7 Å². The van der Waals surface area contributed by atoms with Crippen molar-refractivity contribution >= 4 is 23.2 Å². The molecule has 0 spiro atoms. The minimum absolute atomic E-state index is 0.129. The summed E-state index contributed by atoms with van der Waals surface area (Å²) in [6.07, 6.45) is 0. The number of carbonyl (C=O) groups excluding carboxylic acids is 2. The SMILES string of the molecule is COc1ccc(NC(=O)C(=O)Nc2ccccc2O)c(OC)c1. The summed E-state index contributed by atoms with van der Waals surface area (Å²) in [5.41, 5.74) is 0.472. The Labute approximate surface area is 132 Å². The van der Waals surface area contributed by atoms with Crippen molar-refractivity contribution in [1.29, 1.82) is 0 Å². The number of hydrogen-bond donors (Lipinski definition) is 3. The number of methoxy groups -OCH3 is 2. The van der Waals surface area contributed by atoms with E-state index < -0.39 is 11.8 Å². The highest BCUT2D eigenvalue weighted by atomic mass is 16.5. The topological polar surface area (TPSA) is 96.9 Å². The van der Waals surface area contributed by atoms with Crippen LogP contribution in [0.5, 0.6) is 17.2 Å². The Hall–Kier alpha value is -3.22. The van der Waals surface area contributed by atoms with Crippen LogP contribution in [-0.4, -0.2) is 31.1 Å². The molecule has 3 N–H and O–H groups in total. The average Bonchev–Trinajstić information content (AvgIpc) is 2.57. The molecule has 0 atom stereocenters. The third-order valence-electron chi connectivity index (χ3n) is 3.02. The summed E-state index contributed by atoms with van der Waals surface area (Å²) in [6.45, 7) is 0. The Bertz CT molecular complexity index is 730. The van der Waals surface area contributed by atoms with Gasteiger partial charge in [0.05, 0.1) is 25.6 Å². The molecule has 0 aliphatic rings. The number of amides is 2. The van der Waals surface area contributed by atoms with Crippen molar-refractivity contribution in [2.75, 3.05) is 24.9 Å². The van der Waals surface area contributed by atoms with Gasteiger partial charge < -0.3 is 25.2 Å². The molecule has 0 saturated heterocycles. The molecule has 7 heteroatoms. The number of rotatable bonds is 4. The molecule has 23 heavy (non-hydrogen) atoms. The van der Waals surface area contributed by atoms with Crippen LogP contribution in [-0.2, 0) is 9.59 Å². The maximum absolute atomic E-state index is 12.0. The van der Waals surface area contributed by atoms with Crippen molar-refractivity contribution in [3.63, 3.8) is 0 Å². The van der Waals surface area contributed by atoms with E-state index in [1.54, 1.807) is 30.3 Å². The van der Waals surface area contributed by atoms with Crippen LogP contribution >= 0.6 is 0 Å². The van der Waals surface area contributed by atoms with Gasteiger partial charge in [-0.1, -0.05) is 12.1 Å². The van der Waals surface area contributed by atoms with E-state index in [1.165, 1.54) is 26.4 Å². The molecule has 2 amide bonds. The van der Waals surface area contributed by atoms with E-state index in [2.05, 4.69) is 10.6 Å². The van der Waals surface area contributed by atoms with Gasteiger partial charge in [0.1, 0.15) is 17.2 Å². The Kier molecular flexibility index (Phi) is 5.03. The molecular weight excluding hydrogens is 300 g/mol. The van der Waals surface area contributed by atoms with Crippen LogP contribution < -0.4 is 20.1 Å². The lowest BCUT2D eigenvalue weighted by atomic mass is 10.2. The first-order chi connectivity index (χ1) is 11.0. The highest BCUT2D eigenvalue weighted by Gasteiger charge is 2.17. The number of anilines is 2. The van der Waals surface area contributed by atoms with Gasteiger partial charge in [-0.05, 0) is 24.3 Å². The minimum atomic E-state index is -0.913. The Morgan fingerprint density at radius 1 is 0.913 bits per heavy atom. The molecule has 0 aliphatic heterocycles. The molecular formula is C16H16N2O5. The molecule has 0 saturated carbocycles. The number of aromatic hydroxyl groups is 1. The molecule has 0 unspecified atom stereocenters. The lowest BCUT2D eigenvalue weighted by molar-refractivity contribution is -0.133. The summed E-state index contributed by atoms with van der Waals surface area (Å²) in [6, 6.07) is 10.9. The zero-order valence-electron chi connectivity index (χ0n) is 12.6. The summed E-state index contributed by atoms with van der Waals surface area (Å²) in [7, 11) is 2.94. The van der Waals surface area contributed by atoms with Gasteiger partial charge >= 0.3 is 11.8 Å². The largest absolute Gasteiger partial charge is 0.506 e. The van der Waals surface area contributed by atoms with E-state index >= 15 is 0 Å². The molecule has 0 fully saturated rings. The summed E-state index contributed by atoms with van der Waals surface area (Å²) in [5, 5.41) is 14.4. The van der Waals surface area contributed by atoms with Crippen LogP contribution in [0.1, 0.15) is 0 Å². The van der Waals surface area contributed by atoms with Crippen molar-refractivity contribution in [3.05, 3.63) is 42.5 Å². The van der Waals surface area contributed by atoms with Gasteiger partial charge in [0.25, 0.3) is 0 Å². The lowest BCUT2D eigenvalue weighted by Gasteiger charge is -2.12. The average molecular weight is 316 g/mol. The van der Waals surface area contributed by atoms with Gasteiger partial charge in [0.2, 0.25) is 0 Å². The van der Waals surface area contributed by atoms with E-state index in [-0.39, 0.29) is 11.4 Å². The maximum atomic E-state index is 12.0.